The van der Waals surface area contributed by atoms with Gasteiger partial charge in [-0.05, 0) is 38.5 Å². The minimum atomic E-state index is -0.272. The maximum atomic E-state index is 12.4. The third-order valence-electron chi connectivity index (χ3n) is 3.81. The molecule has 3 aromatic rings. The molecule has 3 aromatic heterocycles. The molecule has 0 aromatic carbocycles. The van der Waals surface area contributed by atoms with E-state index in [0.717, 1.165) is 5.65 Å². The first kappa shape index (κ1) is 15.0. The number of aromatic nitrogens is 4. The molecular formula is C16H17N5O2. The maximum Gasteiger partial charge on any atom is 0.268 e. The molecule has 0 spiro atoms. The normalized spacial score (nSPS) is 10.9. The Balaban J connectivity index is 1.80. The van der Waals surface area contributed by atoms with Crippen LogP contribution in [0.1, 0.15) is 44.9 Å². The number of amides is 1. The summed E-state index contributed by atoms with van der Waals surface area (Å²) in [5.74, 6) is 0.311. The van der Waals surface area contributed by atoms with Gasteiger partial charge in [-0.2, -0.15) is 0 Å². The molecule has 7 nitrogen and oxygen atoms in total. The minimum Gasteiger partial charge on any atom is -0.354 e. The number of rotatable bonds is 4. The molecule has 3 heterocycles. The number of hydrogen-bond donors (Lipinski definition) is 2. The van der Waals surface area contributed by atoms with Crippen LogP contribution in [0.4, 0.5) is 0 Å². The predicted molar refractivity (Wildman–Crippen MR) is 84.4 cm³/mol. The van der Waals surface area contributed by atoms with Crippen LogP contribution >= 0.6 is 0 Å². The largest absolute Gasteiger partial charge is 0.354 e. The van der Waals surface area contributed by atoms with Crippen molar-refractivity contribution in [3.8, 4) is 0 Å². The van der Waals surface area contributed by atoms with E-state index in [-0.39, 0.29) is 18.2 Å². The van der Waals surface area contributed by atoms with Crippen molar-refractivity contribution in [2.24, 2.45) is 0 Å². The molecule has 0 saturated heterocycles. The monoisotopic (exact) mass is 311 g/mol. The van der Waals surface area contributed by atoms with Gasteiger partial charge in [-0.1, -0.05) is 6.07 Å². The Kier molecular flexibility index (Phi) is 3.69. The number of aryl methyl sites for hydroxylation is 1. The zero-order valence-electron chi connectivity index (χ0n) is 13.2. The second kappa shape index (κ2) is 5.68. The van der Waals surface area contributed by atoms with Crippen molar-refractivity contribution in [3.05, 3.63) is 52.7 Å². The minimum absolute atomic E-state index is 0.0567. The van der Waals surface area contributed by atoms with Gasteiger partial charge in [-0.25, -0.2) is 0 Å². The molecule has 1 amide bonds. The summed E-state index contributed by atoms with van der Waals surface area (Å²) in [6.07, 6.45) is 1.84. The summed E-state index contributed by atoms with van der Waals surface area (Å²) in [5, 5.41) is 10.9. The molecule has 0 radical (unpaired) electrons. The standard InChI is InChI=1S/C16H17N5O2/c1-9-14(11(3)22)10(2)18-15(9)16(23)17-8-13-20-19-12-6-4-5-7-21(12)13/h4-7,18H,8H2,1-3H3,(H,17,23). The summed E-state index contributed by atoms with van der Waals surface area (Å²) in [4.78, 5) is 27.0. The van der Waals surface area contributed by atoms with Crippen molar-refractivity contribution < 1.29 is 9.59 Å². The van der Waals surface area contributed by atoms with Gasteiger partial charge >= 0.3 is 0 Å². The third kappa shape index (κ3) is 2.61. The van der Waals surface area contributed by atoms with Crippen LogP contribution in [0, 0.1) is 13.8 Å². The quantitative estimate of drug-likeness (QED) is 0.719. The van der Waals surface area contributed by atoms with Gasteiger partial charge in [0, 0.05) is 17.5 Å². The van der Waals surface area contributed by atoms with Crippen LogP contribution < -0.4 is 5.32 Å². The fraction of sp³-hybridized carbons (Fsp3) is 0.250. The lowest BCUT2D eigenvalue weighted by Gasteiger charge is -2.04. The van der Waals surface area contributed by atoms with Crippen molar-refractivity contribution in [3.63, 3.8) is 0 Å². The van der Waals surface area contributed by atoms with Crippen LogP contribution in [0.2, 0.25) is 0 Å². The van der Waals surface area contributed by atoms with Crippen LogP contribution in [0.25, 0.3) is 5.65 Å². The van der Waals surface area contributed by atoms with Gasteiger partial charge in [0.05, 0.1) is 6.54 Å². The summed E-state index contributed by atoms with van der Waals surface area (Å²) in [6, 6.07) is 5.59. The van der Waals surface area contributed by atoms with E-state index in [1.807, 2.05) is 28.8 Å². The van der Waals surface area contributed by atoms with E-state index < -0.39 is 0 Å². The highest BCUT2D eigenvalue weighted by molar-refractivity contribution is 6.02. The first-order valence-electron chi connectivity index (χ1n) is 7.26. The number of hydrogen-bond acceptors (Lipinski definition) is 4. The van der Waals surface area contributed by atoms with Crippen LogP contribution in [0.3, 0.4) is 0 Å². The first-order chi connectivity index (χ1) is 11.0. The molecule has 0 atom stereocenters. The van der Waals surface area contributed by atoms with Gasteiger partial charge in [-0.3, -0.25) is 14.0 Å². The van der Waals surface area contributed by atoms with Gasteiger partial charge in [-0.15, -0.1) is 10.2 Å². The molecule has 0 aliphatic carbocycles. The molecule has 0 unspecified atom stereocenters. The second-order valence-electron chi connectivity index (χ2n) is 5.41. The zero-order chi connectivity index (χ0) is 16.6. The van der Waals surface area contributed by atoms with Crippen molar-refractivity contribution in [1.82, 2.24) is 24.9 Å². The number of pyridine rings is 1. The highest BCUT2D eigenvalue weighted by Gasteiger charge is 2.19. The van der Waals surface area contributed by atoms with Crippen LogP contribution in [-0.4, -0.2) is 31.3 Å². The van der Waals surface area contributed by atoms with Crippen molar-refractivity contribution >= 4 is 17.3 Å². The fourth-order valence-electron chi connectivity index (χ4n) is 2.76. The number of nitrogens with one attached hydrogen (secondary N) is 2. The second-order valence-corrected chi connectivity index (χ2v) is 5.41. The van der Waals surface area contributed by atoms with Gasteiger partial charge in [0.15, 0.2) is 17.3 Å². The lowest BCUT2D eigenvalue weighted by Crippen LogP contribution is -2.25. The Hall–Kier alpha value is -2.96. The molecule has 23 heavy (non-hydrogen) atoms. The fourth-order valence-corrected chi connectivity index (χ4v) is 2.76. The lowest BCUT2D eigenvalue weighted by molar-refractivity contribution is 0.0944. The topological polar surface area (TPSA) is 92.1 Å². The maximum absolute atomic E-state index is 12.4. The van der Waals surface area contributed by atoms with Gasteiger partial charge < -0.3 is 10.3 Å². The molecule has 3 rings (SSSR count). The predicted octanol–water partition coefficient (Wildman–Crippen LogP) is 1.81. The van der Waals surface area contributed by atoms with Crippen molar-refractivity contribution in [1.29, 1.82) is 0 Å². The van der Waals surface area contributed by atoms with Gasteiger partial charge in [0.1, 0.15) is 5.69 Å². The zero-order valence-corrected chi connectivity index (χ0v) is 13.2. The average Bonchev–Trinajstić information content (AvgIpc) is 3.05. The van der Waals surface area contributed by atoms with E-state index in [4.69, 9.17) is 0 Å². The Morgan fingerprint density at radius 2 is 2.04 bits per heavy atom. The van der Waals surface area contributed by atoms with E-state index in [1.54, 1.807) is 13.8 Å². The Bertz CT molecular complexity index is 906. The molecule has 0 aliphatic heterocycles. The van der Waals surface area contributed by atoms with Gasteiger partial charge in [0.25, 0.3) is 5.91 Å². The number of Topliss-reactive ketones (excluding diaryl/α,β-unsaturated/α-hetero) is 1. The van der Waals surface area contributed by atoms with Crippen molar-refractivity contribution in [2.45, 2.75) is 27.3 Å². The van der Waals surface area contributed by atoms with Crippen molar-refractivity contribution in [2.75, 3.05) is 0 Å². The van der Waals surface area contributed by atoms with Crippen LogP contribution in [0.15, 0.2) is 24.4 Å². The number of nitrogens with zero attached hydrogens (tertiary/aromatic N) is 3. The summed E-state index contributed by atoms with van der Waals surface area (Å²) in [7, 11) is 0. The van der Waals surface area contributed by atoms with E-state index >= 15 is 0 Å². The third-order valence-corrected chi connectivity index (χ3v) is 3.81. The number of fused-ring (bicyclic) bond motifs is 1. The number of aromatic amines is 1. The molecule has 118 valence electrons. The number of carbonyl (C=O) groups excluding carboxylic acids is 2. The molecule has 0 aliphatic rings. The lowest BCUT2D eigenvalue weighted by atomic mass is 10.1. The molecule has 0 bridgehead atoms. The molecule has 2 N–H and O–H groups in total. The summed E-state index contributed by atoms with van der Waals surface area (Å²) in [5.41, 5.74) is 3.07. The number of H-pyrrole nitrogens is 1. The smallest absolute Gasteiger partial charge is 0.268 e. The summed E-state index contributed by atoms with van der Waals surface area (Å²) >= 11 is 0. The molecule has 7 heteroatoms. The Labute approximate surface area is 132 Å². The summed E-state index contributed by atoms with van der Waals surface area (Å²) < 4.78 is 1.81. The highest BCUT2D eigenvalue weighted by Crippen LogP contribution is 2.18. The van der Waals surface area contributed by atoms with E-state index in [1.165, 1.54) is 6.92 Å². The SMILES string of the molecule is CC(=O)c1c(C)[nH]c(C(=O)NCc2nnc3ccccn23)c1C. The Morgan fingerprint density at radius 1 is 1.26 bits per heavy atom. The highest BCUT2D eigenvalue weighted by atomic mass is 16.2. The van der Waals surface area contributed by atoms with E-state index in [2.05, 4.69) is 20.5 Å². The molecule has 0 fully saturated rings. The first-order valence-corrected chi connectivity index (χ1v) is 7.26. The van der Waals surface area contributed by atoms with E-state index in [9.17, 15) is 9.59 Å². The van der Waals surface area contributed by atoms with E-state index in [0.29, 0.717) is 28.3 Å². The van der Waals surface area contributed by atoms with Crippen LogP contribution in [-0.2, 0) is 6.54 Å². The number of carbonyl (C=O) groups is 2. The molecular weight excluding hydrogens is 294 g/mol. The molecule has 0 saturated carbocycles. The number of ketones is 1. The van der Waals surface area contributed by atoms with Gasteiger partial charge in [0.2, 0.25) is 0 Å². The van der Waals surface area contributed by atoms with Crippen LogP contribution in [0.5, 0.6) is 0 Å². The Morgan fingerprint density at radius 3 is 2.74 bits per heavy atom. The summed E-state index contributed by atoms with van der Waals surface area (Å²) in [6.45, 7) is 5.29. The average molecular weight is 311 g/mol.